The number of rotatable bonds is 11. The molecular formula is C24H29NO4. The molecule has 5 heteroatoms. The fourth-order valence-corrected chi connectivity index (χ4v) is 2.62. The number of ether oxygens (including phenoxy) is 2. The number of unbranched alkanes of at least 4 members (excludes halogenated alkanes) is 3. The lowest BCUT2D eigenvalue weighted by Crippen LogP contribution is -2.11. The molecule has 2 aromatic rings. The number of hydrogen-bond donors (Lipinski definition) is 0. The standard InChI is InChI=1S/C24H29NO4/c1-3-5-7-17-28-24(27)29-22-15-9-19(10-16-22)18-25-21-13-11-20(12-14-21)23(26)8-6-4-2/h9-16,18H,3-8,17H2,1-2H3/b25-18+. The molecule has 0 amide bonds. The molecule has 0 spiro atoms. The fourth-order valence-electron chi connectivity index (χ4n) is 2.62. The Bertz CT molecular complexity index is 795. The van der Waals surface area contributed by atoms with Crippen LogP contribution in [0.15, 0.2) is 53.5 Å². The predicted octanol–water partition coefficient (Wildman–Crippen LogP) is 6.52. The molecule has 29 heavy (non-hydrogen) atoms. The van der Waals surface area contributed by atoms with Crippen LogP contribution in [0.25, 0.3) is 0 Å². The van der Waals surface area contributed by atoms with Crippen molar-refractivity contribution in [2.45, 2.75) is 52.4 Å². The van der Waals surface area contributed by atoms with Crippen molar-refractivity contribution in [3.63, 3.8) is 0 Å². The Labute approximate surface area is 172 Å². The smallest absolute Gasteiger partial charge is 0.434 e. The zero-order valence-corrected chi connectivity index (χ0v) is 17.2. The van der Waals surface area contributed by atoms with E-state index in [4.69, 9.17) is 9.47 Å². The van der Waals surface area contributed by atoms with Crippen LogP contribution in [0.2, 0.25) is 0 Å². The van der Waals surface area contributed by atoms with Gasteiger partial charge in [0.15, 0.2) is 5.78 Å². The zero-order valence-electron chi connectivity index (χ0n) is 17.2. The van der Waals surface area contributed by atoms with Crippen LogP contribution in [0.1, 0.15) is 68.3 Å². The third-order valence-electron chi connectivity index (χ3n) is 4.36. The van der Waals surface area contributed by atoms with E-state index in [-0.39, 0.29) is 5.78 Å². The fraction of sp³-hybridized carbons (Fsp3) is 0.375. The average molecular weight is 395 g/mol. The van der Waals surface area contributed by atoms with Crippen molar-refractivity contribution in [3.05, 3.63) is 59.7 Å². The zero-order chi connectivity index (χ0) is 20.9. The maximum atomic E-state index is 12.0. The predicted molar refractivity (Wildman–Crippen MR) is 115 cm³/mol. The normalized spacial score (nSPS) is 10.8. The van der Waals surface area contributed by atoms with Gasteiger partial charge in [0.1, 0.15) is 5.75 Å². The van der Waals surface area contributed by atoms with Crippen LogP contribution in [0.5, 0.6) is 5.75 Å². The van der Waals surface area contributed by atoms with Gasteiger partial charge in [-0.15, -0.1) is 0 Å². The summed E-state index contributed by atoms with van der Waals surface area (Å²) in [5.41, 5.74) is 2.37. The number of ketones is 1. The van der Waals surface area contributed by atoms with Crippen LogP contribution < -0.4 is 4.74 Å². The van der Waals surface area contributed by atoms with Crippen molar-refractivity contribution in [3.8, 4) is 5.75 Å². The summed E-state index contributed by atoms with van der Waals surface area (Å²) < 4.78 is 10.2. The third kappa shape index (κ3) is 8.30. The molecule has 0 radical (unpaired) electrons. The van der Waals surface area contributed by atoms with E-state index in [0.29, 0.717) is 18.8 Å². The van der Waals surface area contributed by atoms with Crippen LogP contribution in [0.3, 0.4) is 0 Å². The van der Waals surface area contributed by atoms with Crippen LogP contribution in [0.4, 0.5) is 10.5 Å². The molecular weight excluding hydrogens is 366 g/mol. The highest BCUT2D eigenvalue weighted by atomic mass is 16.7. The summed E-state index contributed by atoms with van der Waals surface area (Å²) in [5.74, 6) is 0.597. The Morgan fingerprint density at radius 2 is 1.59 bits per heavy atom. The van der Waals surface area contributed by atoms with Crippen molar-refractivity contribution in [2.75, 3.05) is 6.61 Å². The average Bonchev–Trinajstić information content (AvgIpc) is 2.75. The lowest BCUT2D eigenvalue weighted by Gasteiger charge is -2.05. The Hall–Kier alpha value is -2.95. The van der Waals surface area contributed by atoms with Crippen LogP contribution >= 0.6 is 0 Å². The Balaban J connectivity index is 1.85. The van der Waals surface area contributed by atoms with E-state index in [1.165, 1.54) is 0 Å². The number of aliphatic imine (C=N–C) groups is 1. The van der Waals surface area contributed by atoms with Gasteiger partial charge in [-0.25, -0.2) is 4.79 Å². The van der Waals surface area contributed by atoms with E-state index < -0.39 is 6.16 Å². The highest BCUT2D eigenvalue weighted by Gasteiger charge is 2.06. The summed E-state index contributed by atoms with van der Waals surface area (Å²) in [6.45, 7) is 4.54. The van der Waals surface area contributed by atoms with E-state index in [1.54, 1.807) is 18.3 Å². The lowest BCUT2D eigenvalue weighted by molar-refractivity contribution is 0.0967. The maximum absolute atomic E-state index is 12.0. The van der Waals surface area contributed by atoms with Gasteiger partial charge >= 0.3 is 6.16 Å². The number of hydrogen-bond acceptors (Lipinski definition) is 5. The first-order chi connectivity index (χ1) is 14.1. The number of carbonyl (C=O) groups excluding carboxylic acids is 2. The molecule has 0 aliphatic carbocycles. The van der Waals surface area contributed by atoms with E-state index >= 15 is 0 Å². The summed E-state index contributed by atoms with van der Waals surface area (Å²) in [6, 6.07) is 14.3. The number of carbonyl (C=O) groups is 2. The van der Waals surface area contributed by atoms with Crippen molar-refractivity contribution in [1.82, 2.24) is 0 Å². The maximum Gasteiger partial charge on any atom is 0.513 e. The first kappa shape index (κ1) is 22.3. The molecule has 154 valence electrons. The summed E-state index contributed by atoms with van der Waals surface area (Å²) in [7, 11) is 0. The second-order valence-electron chi connectivity index (χ2n) is 6.81. The molecule has 2 aromatic carbocycles. The monoisotopic (exact) mass is 395 g/mol. The first-order valence-corrected chi connectivity index (χ1v) is 10.2. The molecule has 0 aromatic heterocycles. The Morgan fingerprint density at radius 1 is 0.897 bits per heavy atom. The van der Waals surface area contributed by atoms with Gasteiger partial charge in [0.2, 0.25) is 0 Å². The molecule has 0 aliphatic rings. The van der Waals surface area contributed by atoms with Crippen molar-refractivity contribution in [1.29, 1.82) is 0 Å². The topological polar surface area (TPSA) is 65.0 Å². The minimum atomic E-state index is -0.684. The van der Waals surface area contributed by atoms with E-state index in [1.807, 2.05) is 36.4 Å². The van der Waals surface area contributed by atoms with Gasteiger partial charge in [-0.3, -0.25) is 9.79 Å². The molecule has 0 heterocycles. The third-order valence-corrected chi connectivity index (χ3v) is 4.36. The Kier molecular flexibility index (Phi) is 9.63. The molecule has 5 nitrogen and oxygen atoms in total. The van der Waals surface area contributed by atoms with Gasteiger partial charge in [0.25, 0.3) is 0 Å². The van der Waals surface area contributed by atoms with Crippen LogP contribution in [-0.4, -0.2) is 24.8 Å². The largest absolute Gasteiger partial charge is 0.513 e. The van der Waals surface area contributed by atoms with E-state index in [9.17, 15) is 9.59 Å². The lowest BCUT2D eigenvalue weighted by atomic mass is 10.1. The van der Waals surface area contributed by atoms with E-state index in [2.05, 4.69) is 18.8 Å². The number of nitrogens with zero attached hydrogens (tertiary/aromatic N) is 1. The SMILES string of the molecule is CCCCCOC(=O)Oc1ccc(/C=N/c2ccc(C(=O)CCCC)cc2)cc1. The highest BCUT2D eigenvalue weighted by molar-refractivity contribution is 5.96. The summed E-state index contributed by atoms with van der Waals surface area (Å²) in [5, 5.41) is 0. The first-order valence-electron chi connectivity index (χ1n) is 10.2. The van der Waals surface area contributed by atoms with Crippen LogP contribution in [-0.2, 0) is 4.74 Å². The summed E-state index contributed by atoms with van der Waals surface area (Å²) in [6.07, 6.45) is 6.49. The number of benzene rings is 2. The molecule has 2 rings (SSSR count). The number of Topliss-reactive ketones (excluding diaryl/α,β-unsaturated/α-hetero) is 1. The van der Waals surface area contributed by atoms with Gasteiger partial charge in [-0.05, 0) is 66.9 Å². The van der Waals surface area contributed by atoms with E-state index in [0.717, 1.165) is 48.9 Å². The van der Waals surface area contributed by atoms with Gasteiger partial charge in [-0.2, -0.15) is 0 Å². The summed E-state index contributed by atoms with van der Waals surface area (Å²) >= 11 is 0. The van der Waals surface area contributed by atoms with Gasteiger partial charge in [-0.1, -0.05) is 33.1 Å². The minimum absolute atomic E-state index is 0.168. The molecule has 0 saturated heterocycles. The van der Waals surface area contributed by atoms with Crippen molar-refractivity contribution in [2.24, 2.45) is 4.99 Å². The molecule has 0 aliphatic heterocycles. The molecule has 0 fully saturated rings. The van der Waals surface area contributed by atoms with Crippen LogP contribution in [0, 0.1) is 0 Å². The minimum Gasteiger partial charge on any atom is -0.434 e. The molecule has 0 bridgehead atoms. The van der Waals surface area contributed by atoms with Gasteiger partial charge < -0.3 is 9.47 Å². The van der Waals surface area contributed by atoms with Crippen molar-refractivity contribution < 1.29 is 19.1 Å². The second kappa shape index (κ2) is 12.5. The van der Waals surface area contributed by atoms with Crippen molar-refractivity contribution >= 4 is 23.8 Å². The molecule has 0 N–H and O–H groups in total. The molecule has 0 saturated carbocycles. The highest BCUT2D eigenvalue weighted by Crippen LogP contribution is 2.16. The Morgan fingerprint density at radius 3 is 2.24 bits per heavy atom. The quantitative estimate of drug-likeness (QED) is 0.143. The second-order valence-corrected chi connectivity index (χ2v) is 6.81. The van der Waals surface area contributed by atoms with Gasteiger partial charge in [0.05, 0.1) is 12.3 Å². The van der Waals surface area contributed by atoms with Gasteiger partial charge in [0, 0.05) is 18.2 Å². The molecule has 0 atom stereocenters. The molecule has 0 unspecified atom stereocenters. The summed E-state index contributed by atoms with van der Waals surface area (Å²) in [4.78, 5) is 28.0.